The first kappa shape index (κ1) is 17.6. The van der Waals surface area contributed by atoms with Gasteiger partial charge in [0.2, 0.25) is 0 Å². The van der Waals surface area contributed by atoms with Crippen LogP contribution in [-0.2, 0) is 9.63 Å². The third-order valence-electron chi connectivity index (χ3n) is 2.82. The second-order valence-electron chi connectivity index (χ2n) is 4.62. The van der Waals surface area contributed by atoms with Gasteiger partial charge in [-0.05, 0) is 19.1 Å². The second-order valence-corrected chi connectivity index (χ2v) is 5.02. The van der Waals surface area contributed by atoms with Gasteiger partial charge in [-0.1, -0.05) is 21.9 Å². The van der Waals surface area contributed by atoms with E-state index in [0.29, 0.717) is 33.7 Å². The van der Waals surface area contributed by atoms with Crippen LogP contribution in [0.5, 0.6) is 11.5 Å². The summed E-state index contributed by atoms with van der Waals surface area (Å²) in [5, 5.41) is 10.2. The number of methoxy groups -OCH3 is 2. The molecule has 2 rings (SSSR count). The van der Waals surface area contributed by atoms with Gasteiger partial charge in [0.15, 0.2) is 23.9 Å². The molecule has 0 saturated carbocycles. The first-order chi connectivity index (χ1) is 11.5. The Labute approximate surface area is 143 Å². The van der Waals surface area contributed by atoms with E-state index in [-0.39, 0.29) is 6.61 Å². The fourth-order valence-corrected chi connectivity index (χ4v) is 2.11. The number of nitrogens with one attached hydrogen (secondary N) is 1. The molecule has 24 heavy (non-hydrogen) atoms. The zero-order chi connectivity index (χ0) is 17.5. The van der Waals surface area contributed by atoms with Crippen molar-refractivity contribution in [3.05, 3.63) is 34.5 Å². The van der Waals surface area contributed by atoms with Crippen LogP contribution in [0, 0.1) is 6.92 Å². The molecule has 0 aliphatic rings. The minimum Gasteiger partial charge on any atom is -0.493 e. The van der Waals surface area contributed by atoms with E-state index in [1.807, 2.05) is 0 Å². The monoisotopic (exact) mass is 353 g/mol. The fraction of sp³-hybridized carbons (Fsp3) is 0.267. The smallest absolute Gasteiger partial charge is 0.266 e. The van der Waals surface area contributed by atoms with E-state index in [1.54, 1.807) is 25.1 Å². The van der Waals surface area contributed by atoms with Crippen molar-refractivity contribution in [2.75, 3.05) is 26.1 Å². The Hall–Kier alpha value is -2.74. The highest BCUT2D eigenvalue weighted by atomic mass is 35.5. The van der Waals surface area contributed by atoms with Gasteiger partial charge in [0.05, 0.1) is 25.5 Å². The van der Waals surface area contributed by atoms with Crippen LogP contribution >= 0.6 is 11.6 Å². The summed E-state index contributed by atoms with van der Waals surface area (Å²) >= 11 is 6.08. The van der Waals surface area contributed by atoms with E-state index in [9.17, 15) is 4.79 Å². The molecule has 1 aromatic carbocycles. The molecular formula is C15H16ClN3O5. The van der Waals surface area contributed by atoms with Crippen LogP contribution in [0.1, 0.15) is 11.3 Å². The highest BCUT2D eigenvalue weighted by molar-refractivity contribution is 6.32. The standard InChI is InChI=1S/C15H16ClN3O5/c1-9-4-13(19-24-9)18-14(20)8-23-17-7-10-5-11(16)15(22-3)12(6-10)21-2/h4-7H,8H2,1-3H3,(H,18,19,20)/b17-7-. The molecule has 0 spiro atoms. The van der Waals surface area contributed by atoms with Crippen LogP contribution in [0.2, 0.25) is 5.02 Å². The molecule has 128 valence electrons. The SMILES string of the molecule is COc1cc(/C=N\OCC(=O)Nc2cc(C)on2)cc(Cl)c1OC. The molecule has 0 saturated heterocycles. The predicted molar refractivity (Wildman–Crippen MR) is 88.0 cm³/mol. The second kappa shape index (κ2) is 8.21. The largest absolute Gasteiger partial charge is 0.493 e. The predicted octanol–water partition coefficient (Wildman–Crippen LogP) is 2.64. The van der Waals surface area contributed by atoms with E-state index in [0.717, 1.165) is 0 Å². The number of halogens is 1. The summed E-state index contributed by atoms with van der Waals surface area (Å²) in [6, 6.07) is 4.90. The van der Waals surface area contributed by atoms with Gasteiger partial charge in [0, 0.05) is 11.6 Å². The third-order valence-corrected chi connectivity index (χ3v) is 3.10. The van der Waals surface area contributed by atoms with E-state index in [2.05, 4.69) is 15.6 Å². The summed E-state index contributed by atoms with van der Waals surface area (Å²) in [7, 11) is 3.00. The van der Waals surface area contributed by atoms with Crippen molar-refractivity contribution in [3.8, 4) is 11.5 Å². The number of hydrogen-bond donors (Lipinski definition) is 1. The Morgan fingerprint density at radius 3 is 2.79 bits per heavy atom. The molecule has 1 aromatic heterocycles. The maximum atomic E-state index is 11.6. The maximum Gasteiger partial charge on any atom is 0.266 e. The Balaban J connectivity index is 1.89. The molecule has 0 radical (unpaired) electrons. The number of carbonyl (C=O) groups excluding carboxylic acids is 1. The van der Waals surface area contributed by atoms with E-state index in [4.69, 9.17) is 30.4 Å². The third kappa shape index (κ3) is 4.63. The molecule has 0 fully saturated rings. The number of carbonyl (C=O) groups is 1. The zero-order valence-electron chi connectivity index (χ0n) is 13.3. The molecule has 0 atom stereocenters. The molecule has 1 amide bonds. The van der Waals surface area contributed by atoms with Gasteiger partial charge < -0.3 is 24.2 Å². The average molecular weight is 354 g/mol. The molecule has 0 aliphatic heterocycles. The van der Waals surface area contributed by atoms with Crippen LogP contribution in [0.25, 0.3) is 0 Å². The molecule has 2 aromatic rings. The number of rotatable bonds is 7. The van der Waals surface area contributed by atoms with Crippen molar-refractivity contribution in [1.29, 1.82) is 0 Å². The molecule has 9 heteroatoms. The minimum atomic E-state index is -0.411. The highest BCUT2D eigenvalue weighted by Crippen LogP contribution is 2.35. The van der Waals surface area contributed by atoms with Crippen molar-refractivity contribution < 1.29 is 23.6 Å². The minimum absolute atomic E-state index is 0.274. The lowest BCUT2D eigenvalue weighted by molar-refractivity contribution is -0.120. The van der Waals surface area contributed by atoms with Gasteiger partial charge in [0.25, 0.3) is 5.91 Å². The van der Waals surface area contributed by atoms with Crippen LogP contribution in [-0.4, -0.2) is 38.1 Å². The van der Waals surface area contributed by atoms with E-state index in [1.165, 1.54) is 20.4 Å². The van der Waals surface area contributed by atoms with Crippen molar-refractivity contribution >= 4 is 29.5 Å². The van der Waals surface area contributed by atoms with Gasteiger partial charge in [-0.2, -0.15) is 0 Å². The number of oxime groups is 1. The van der Waals surface area contributed by atoms with Gasteiger partial charge in [0.1, 0.15) is 5.76 Å². The van der Waals surface area contributed by atoms with E-state index < -0.39 is 5.91 Å². The van der Waals surface area contributed by atoms with Gasteiger partial charge in [-0.3, -0.25) is 4.79 Å². The summed E-state index contributed by atoms with van der Waals surface area (Å²) in [5.41, 5.74) is 0.630. The molecule has 1 heterocycles. The summed E-state index contributed by atoms with van der Waals surface area (Å²) in [5.74, 6) is 1.39. The topological polar surface area (TPSA) is 95.2 Å². The van der Waals surface area contributed by atoms with Crippen LogP contribution < -0.4 is 14.8 Å². The first-order valence-electron chi connectivity index (χ1n) is 6.83. The van der Waals surface area contributed by atoms with Gasteiger partial charge >= 0.3 is 0 Å². The quantitative estimate of drug-likeness (QED) is 0.607. The molecule has 0 unspecified atom stereocenters. The number of anilines is 1. The fourth-order valence-electron chi connectivity index (χ4n) is 1.81. The average Bonchev–Trinajstić information content (AvgIpc) is 2.95. The lowest BCUT2D eigenvalue weighted by atomic mass is 10.2. The number of aryl methyl sites for hydroxylation is 1. The van der Waals surface area contributed by atoms with Crippen molar-refractivity contribution in [2.24, 2.45) is 5.16 Å². The normalized spacial score (nSPS) is 10.7. The van der Waals surface area contributed by atoms with Crippen LogP contribution in [0.15, 0.2) is 27.9 Å². The van der Waals surface area contributed by atoms with Crippen LogP contribution in [0.4, 0.5) is 5.82 Å². The highest BCUT2D eigenvalue weighted by Gasteiger charge is 2.10. The summed E-state index contributed by atoms with van der Waals surface area (Å²) in [4.78, 5) is 16.6. The lowest BCUT2D eigenvalue weighted by Gasteiger charge is -2.09. The summed E-state index contributed by atoms with van der Waals surface area (Å²) < 4.78 is 15.1. The molecule has 8 nitrogen and oxygen atoms in total. The Bertz CT molecular complexity index is 745. The van der Waals surface area contributed by atoms with Gasteiger partial charge in [-0.25, -0.2) is 0 Å². The van der Waals surface area contributed by atoms with Crippen molar-refractivity contribution in [3.63, 3.8) is 0 Å². The molecule has 1 N–H and O–H groups in total. The van der Waals surface area contributed by atoms with Gasteiger partial charge in [-0.15, -0.1) is 0 Å². The number of aromatic nitrogens is 1. The molecule has 0 aliphatic carbocycles. The first-order valence-corrected chi connectivity index (χ1v) is 7.21. The number of ether oxygens (including phenoxy) is 2. The Morgan fingerprint density at radius 1 is 1.38 bits per heavy atom. The molecule has 0 bridgehead atoms. The number of nitrogens with zero attached hydrogens (tertiary/aromatic N) is 2. The van der Waals surface area contributed by atoms with E-state index >= 15 is 0 Å². The molecular weight excluding hydrogens is 338 g/mol. The maximum absolute atomic E-state index is 11.6. The number of hydrogen-bond acceptors (Lipinski definition) is 7. The number of benzene rings is 1. The summed E-state index contributed by atoms with van der Waals surface area (Å²) in [6.07, 6.45) is 1.40. The Morgan fingerprint density at radius 2 is 2.17 bits per heavy atom. The van der Waals surface area contributed by atoms with Crippen molar-refractivity contribution in [1.82, 2.24) is 5.16 Å². The lowest BCUT2D eigenvalue weighted by Crippen LogP contribution is -2.17. The number of amides is 1. The Kier molecular flexibility index (Phi) is 6.02. The summed E-state index contributed by atoms with van der Waals surface area (Å²) in [6.45, 7) is 1.45. The van der Waals surface area contributed by atoms with Crippen molar-refractivity contribution in [2.45, 2.75) is 6.92 Å². The zero-order valence-corrected chi connectivity index (χ0v) is 14.1. The van der Waals surface area contributed by atoms with Crippen LogP contribution in [0.3, 0.4) is 0 Å².